The Morgan fingerprint density at radius 1 is 0.330 bits per heavy atom. The fourth-order valence-electron chi connectivity index (χ4n) is 12.6. The number of carboxylic acid groups (broad SMARTS) is 1. The third-order valence-electron chi connectivity index (χ3n) is 18.8. The summed E-state index contributed by atoms with van der Waals surface area (Å²) in [7, 11) is 5.95. The van der Waals surface area contributed by atoms with Crippen LogP contribution in [0.4, 0.5) is 0 Å². The number of esters is 2. The van der Waals surface area contributed by atoms with Crippen molar-refractivity contribution in [2.45, 2.75) is 431 Å². The molecule has 552 valence electrons. The molecule has 0 amide bonds. The average molecular weight is 1320 g/mol. The van der Waals surface area contributed by atoms with E-state index in [0.29, 0.717) is 17.4 Å². The molecule has 0 aromatic heterocycles. The maximum absolute atomic E-state index is 13.0. The van der Waals surface area contributed by atoms with Crippen molar-refractivity contribution >= 4 is 17.9 Å². The van der Waals surface area contributed by atoms with Crippen molar-refractivity contribution in [2.75, 3.05) is 47.5 Å². The summed E-state index contributed by atoms with van der Waals surface area (Å²) in [5.74, 6) is -2.25. The third-order valence-corrected chi connectivity index (χ3v) is 18.8. The van der Waals surface area contributed by atoms with Gasteiger partial charge in [-0.25, -0.2) is 0 Å². The van der Waals surface area contributed by atoms with Gasteiger partial charge in [-0.1, -0.05) is 403 Å². The Balaban J connectivity index is 3.94. The number of hydrogen-bond donors (Lipinski definition) is 0. The van der Waals surface area contributed by atoms with Crippen LogP contribution in [0.1, 0.15) is 418 Å². The molecule has 2 unspecified atom stereocenters. The Labute approximate surface area is 584 Å². The van der Waals surface area contributed by atoms with Crippen LogP contribution in [0.15, 0.2) is 48.6 Å². The number of nitrogens with zero attached hydrogens (tertiary/aromatic N) is 1. The highest BCUT2D eigenvalue weighted by Crippen LogP contribution is 2.20. The summed E-state index contributed by atoms with van der Waals surface area (Å²) in [5, 5.41) is 11.9. The molecular formula is C85H159NO8. The van der Waals surface area contributed by atoms with Crippen molar-refractivity contribution in [3.8, 4) is 0 Å². The molecule has 0 aromatic carbocycles. The molecule has 0 saturated carbocycles. The van der Waals surface area contributed by atoms with Crippen LogP contribution < -0.4 is 5.11 Å². The van der Waals surface area contributed by atoms with Gasteiger partial charge in [0.05, 0.1) is 40.3 Å². The summed E-state index contributed by atoms with van der Waals surface area (Å²) in [6.45, 7) is 4.72. The zero-order chi connectivity index (χ0) is 68.2. The highest BCUT2D eigenvalue weighted by atomic mass is 16.7. The second kappa shape index (κ2) is 76.0. The summed E-state index contributed by atoms with van der Waals surface area (Å²) in [6, 6.07) is 0. The monoisotopic (exact) mass is 1320 g/mol. The molecule has 94 heavy (non-hydrogen) atoms. The van der Waals surface area contributed by atoms with E-state index in [-0.39, 0.29) is 32.2 Å². The molecule has 0 bridgehead atoms. The van der Waals surface area contributed by atoms with Crippen molar-refractivity contribution in [2.24, 2.45) is 0 Å². The first-order chi connectivity index (χ1) is 46.1. The van der Waals surface area contributed by atoms with Crippen molar-refractivity contribution in [3.63, 3.8) is 0 Å². The second-order valence-corrected chi connectivity index (χ2v) is 29.4. The van der Waals surface area contributed by atoms with E-state index in [2.05, 4.69) is 62.5 Å². The number of allylic oxidation sites excluding steroid dienone is 8. The predicted molar refractivity (Wildman–Crippen MR) is 403 cm³/mol. The lowest BCUT2D eigenvalue weighted by molar-refractivity contribution is -0.870. The van der Waals surface area contributed by atoms with Gasteiger partial charge in [-0.2, -0.15) is 0 Å². The molecule has 0 aliphatic rings. The number of carbonyl (C=O) groups excluding carboxylic acids is 3. The zero-order valence-electron chi connectivity index (χ0n) is 63.4. The maximum atomic E-state index is 13.0. The molecule has 0 aliphatic carbocycles. The predicted octanol–water partition coefficient (Wildman–Crippen LogP) is 25.1. The molecule has 0 aliphatic heterocycles. The smallest absolute Gasteiger partial charge is 0.306 e. The number of rotatable bonds is 78. The van der Waals surface area contributed by atoms with Gasteiger partial charge in [0.15, 0.2) is 12.4 Å². The van der Waals surface area contributed by atoms with Crippen LogP contribution in [0, 0.1) is 0 Å². The van der Waals surface area contributed by atoms with Gasteiger partial charge in [0, 0.05) is 12.8 Å². The number of unbranched alkanes of at least 4 members (excludes halogenated alkanes) is 55. The molecule has 0 N–H and O–H groups in total. The molecule has 0 aromatic rings. The first-order valence-corrected chi connectivity index (χ1v) is 41.3. The van der Waals surface area contributed by atoms with E-state index in [4.69, 9.17) is 18.9 Å². The minimum absolute atomic E-state index is 0.151. The van der Waals surface area contributed by atoms with E-state index in [9.17, 15) is 19.5 Å². The Morgan fingerprint density at radius 3 is 0.904 bits per heavy atom. The van der Waals surface area contributed by atoms with E-state index in [0.717, 1.165) is 64.2 Å². The maximum Gasteiger partial charge on any atom is 0.306 e. The number of aliphatic carboxylic acids is 1. The van der Waals surface area contributed by atoms with Gasteiger partial charge >= 0.3 is 11.9 Å². The largest absolute Gasteiger partial charge is 0.545 e. The fourth-order valence-corrected chi connectivity index (χ4v) is 12.6. The molecule has 2 atom stereocenters. The van der Waals surface area contributed by atoms with E-state index in [1.54, 1.807) is 0 Å². The normalized spacial score (nSPS) is 12.8. The van der Waals surface area contributed by atoms with Crippen molar-refractivity contribution in [1.29, 1.82) is 0 Å². The summed E-state index contributed by atoms with van der Waals surface area (Å²) in [4.78, 5) is 37.6. The van der Waals surface area contributed by atoms with E-state index in [1.165, 1.54) is 327 Å². The van der Waals surface area contributed by atoms with Gasteiger partial charge in [-0.3, -0.25) is 9.59 Å². The second-order valence-electron chi connectivity index (χ2n) is 29.4. The van der Waals surface area contributed by atoms with E-state index < -0.39 is 24.3 Å². The van der Waals surface area contributed by atoms with Crippen LogP contribution >= 0.6 is 0 Å². The summed E-state index contributed by atoms with van der Waals surface area (Å²) in [6.07, 6.45) is 96.9. The molecule has 0 heterocycles. The Morgan fingerprint density at radius 2 is 0.606 bits per heavy atom. The van der Waals surface area contributed by atoms with Gasteiger partial charge in [0.25, 0.3) is 0 Å². The lowest BCUT2D eigenvalue weighted by atomic mass is 10.0. The number of quaternary nitrogens is 1. The molecule has 9 nitrogen and oxygen atoms in total. The fraction of sp³-hybridized carbons (Fsp3) is 0.871. The first kappa shape index (κ1) is 91.2. The number of likely N-dealkylation sites (N-methyl/N-ethyl adjacent to an activating group) is 1. The number of hydrogen-bond acceptors (Lipinski definition) is 8. The third kappa shape index (κ3) is 76.6. The quantitative estimate of drug-likeness (QED) is 0.0195. The van der Waals surface area contributed by atoms with Crippen LogP contribution in [0.2, 0.25) is 0 Å². The van der Waals surface area contributed by atoms with E-state index in [1.807, 2.05) is 21.1 Å². The summed E-state index contributed by atoms with van der Waals surface area (Å²) >= 11 is 0. The highest BCUT2D eigenvalue weighted by molar-refractivity contribution is 5.70. The van der Waals surface area contributed by atoms with Gasteiger partial charge in [-0.05, 0) is 51.4 Å². The van der Waals surface area contributed by atoms with Gasteiger partial charge in [0.2, 0.25) is 0 Å². The topological polar surface area (TPSA) is 111 Å². The molecule has 9 heteroatoms. The van der Waals surface area contributed by atoms with Gasteiger partial charge in [0.1, 0.15) is 13.2 Å². The average Bonchev–Trinajstić information content (AvgIpc) is 3.35. The molecular weight excluding hydrogens is 1160 g/mol. The number of carboxylic acids is 1. The molecule has 0 fully saturated rings. The van der Waals surface area contributed by atoms with Crippen LogP contribution in [-0.2, 0) is 33.3 Å². The minimum Gasteiger partial charge on any atom is -0.545 e. The SMILES string of the molecule is CC/C=C\C/C=C\C/C=C\C/C=C\CCCCCCCCCCCCCCCCCCCCCCC(=O)OC(COC(=O)CCCCCCCCCCCCCCCCCCCCCCCCCCCCCCCCCCCCCC)COC(OCC[N+](C)(C)C)C(=O)[O-]. The first-order valence-electron chi connectivity index (χ1n) is 41.3. The number of ether oxygens (including phenoxy) is 4. The van der Waals surface area contributed by atoms with Gasteiger partial charge < -0.3 is 33.3 Å². The summed E-state index contributed by atoms with van der Waals surface area (Å²) < 4.78 is 22.9. The minimum atomic E-state index is -1.62. The molecule has 0 saturated heterocycles. The van der Waals surface area contributed by atoms with Gasteiger partial charge in [-0.15, -0.1) is 0 Å². The molecule has 0 spiro atoms. The highest BCUT2D eigenvalue weighted by Gasteiger charge is 2.22. The number of carbonyl (C=O) groups is 3. The Hall–Kier alpha value is -2.75. The van der Waals surface area contributed by atoms with Crippen LogP contribution in [0.25, 0.3) is 0 Å². The Kier molecular flexibility index (Phi) is 73.8. The van der Waals surface area contributed by atoms with E-state index >= 15 is 0 Å². The summed E-state index contributed by atoms with van der Waals surface area (Å²) in [5.41, 5.74) is 0. The zero-order valence-corrected chi connectivity index (χ0v) is 63.4. The van der Waals surface area contributed by atoms with Crippen molar-refractivity contribution in [1.82, 2.24) is 0 Å². The van der Waals surface area contributed by atoms with Crippen molar-refractivity contribution < 1.29 is 42.9 Å². The van der Waals surface area contributed by atoms with Crippen molar-refractivity contribution in [3.05, 3.63) is 48.6 Å². The molecule has 0 radical (unpaired) electrons. The Bertz CT molecular complexity index is 1680. The van der Waals surface area contributed by atoms with Crippen LogP contribution in [0.3, 0.4) is 0 Å². The molecule has 0 rings (SSSR count). The van der Waals surface area contributed by atoms with Crippen LogP contribution in [-0.4, -0.2) is 82.3 Å². The van der Waals surface area contributed by atoms with Crippen LogP contribution in [0.5, 0.6) is 0 Å². The lowest BCUT2D eigenvalue weighted by Gasteiger charge is -2.26. The standard InChI is InChI=1S/C85H159NO8/c1-6-8-10-12-14-16-18-20-22-24-26-28-30-32-34-36-38-40-41-42-44-45-47-49-51-53-55-57-59-61-63-65-67-69-71-73-75-82(87)92-79-81(80-93-85(84(89)90)91-78-77-86(3,4)5)94-83(88)76-74-72-70-68-66-64-62-60-58-56-54-52-50-48-46-43-39-37-35-33-31-29-27-25-23-21-19-17-15-13-11-9-7-2/h9,11,15,17,21,23,27,29,81,85H,6-8,10,12-14,16,18-20,22,24-26,28,30-80H2,1-5H3/b11-9-,17-15-,23-21-,29-27-. The lowest BCUT2D eigenvalue weighted by Crippen LogP contribution is -2.44.